The quantitative estimate of drug-likeness (QED) is 0.635. The number of esters is 1. The third kappa shape index (κ3) is 2.09. The highest BCUT2D eigenvalue weighted by atomic mass is 16.5. The molecule has 0 aliphatic heterocycles. The number of nitrogens with zero attached hydrogens (tertiary/aromatic N) is 2. The summed E-state index contributed by atoms with van der Waals surface area (Å²) in [7, 11) is 1.33. The molecule has 0 N–H and O–H groups in total. The van der Waals surface area contributed by atoms with Crippen molar-refractivity contribution in [2.75, 3.05) is 7.11 Å². The van der Waals surface area contributed by atoms with E-state index in [-0.39, 0.29) is 11.7 Å². The first-order valence-electron chi connectivity index (χ1n) is 6.61. The Kier molecular flexibility index (Phi) is 3.88. The maximum atomic E-state index is 12.5. The van der Waals surface area contributed by atoms with E-state index in [2.05, 4.69) is 5.10 Å². The minimum Gasteiger partial charge on any atom is -0.465 e. The molecule has 0 bridgehead atoms. The summed E-state index contributed by atoms with van der Waals surface area (Å²) < 4.78 is 6.35. The monoisotopic (exact) mass is 274 g/mol. The van der Waals surface area contributed by atoms with Gasteiger partial charge in [0.25, 0.3) is 0 Å². The normalized spacial score (nSPS) is 12.4. The lowest BCUT2D eigenvalue weighted by Crippen LogP contribution is -2.15. The number of rotatable bonds is 4. The van der Waals surface area contributed by atoms with Gasteiger partial charge in [0, 0.05) is 12.1 Å². The SMILES string of the molecule is CCC(C)C(=O)c1c(C)c(C(=O)OC)c2cccnn12. The Balaban J connectivity index is 2.76. The van der Waals surface area contributed by atoms with Crippen molar-refractivity contribution in [1.29, 1.82) is 0 Å². The number of aromatic nitrogens is 2. The molecule has 2 rings (SSSR count). The summed E-state index contributed by atoms with van der Waals surface area (Å²) in [6.45, 7) is 5.60. The zero-order valence-corrected chi connectivity index (χ0v) is 12.1. The Labute approximate surface area is 117 Å². The topological polar surface area (TPSA) is 60.7 Å². The Morgan fingerprint density at radius 1 is 1.45 bits per heavy atom. The fraction of sp³-hybridized carbons (Fsp3) is 0.400. The van der Waals surface area contributed by atoms with Gasteiger partial charge in [0.1, 0.15) is 5.69 Å². The predicted octanol–water partition coefficient (Wildman–Crippen LogP) is 2.66. The Morgan fingerprint density at radius 2 is 2.15 bits per heavy atom. The molecule has 0 aliphatic carbocycles. The highest BCUT2D eigenvalue weighted by Gasteiger charge is 2.27. The van der Waals surface area contributed by atoms with Crippen LogP contribution < -0.4 is 0 Å². The van der Waals surface area contributed by atoms with E-state index < -0.39 is 5.97 Å². The van der Waals surface area contributed by atoms with Gasteiger partial charge in [-0.15, -0.1) is 0 Å². The average molecular weight is 274 g/mol. The van der Waals surface area contributed by atoms with Gasteiger partial charge < -0.3 is 4.74 Å². The minimum atomic E-state index is -0.448. The molecule has 0 aromatic carbocycles. The summed E-state index contributed by atoms with van der Waals surface area (Å²) >= 11 is 0. The summed E-state index contributed by atoms with van der Waals surface area (Å²) in [6, 6.07) is 3.50. The van der Waals surface area contributed by atoms with E-state index in [9.17, 15) is 9.59 Å². The number of Topliss-reactive ketones (excluding diaryl/α,β-unsaturated/α-hetero) is 1. The van der Waals surface area contributed by atoms with Crippen molar-refractivity contribution in [2.24, 2.45) is 5.92 Å². The van der Waals surface area contributed by atoms with Crippen LogP contribution in [0.25, 0.3) is 5.52 Å². The predicted molar refractivity (Wildman–Crippen MR) is 75.1 cm³/mol. The molecule has 0 saturated carbocycles. The van der Waals surface area contributed by atoms with Crippen molar-refractivity contribution in [3.63, 3.8) is 0 Å². The molecule has 1 unspecified atom stereocenters. The Morgan fingerprint density at radius 3 is 2.75 bits per heavy atom. The van der Waals surface area contributed by atoms with E-state index in [0.29, 0.717) is 22.3 Å². The van der Waals surface area contributed by atoms with Crippen LogP contribution >= 0.6 is 0 Å². The minimum absolute atomic E-state index is 0.00569. The van der Waals surface area contributed by atoms with Gasteiger partial charge >= 0.3 is 5.97 Å². The summed E-state index contributed by atoms with van der Waals surface area (Å²) in [5.74, 6) is -0.565. The molecule has 2 aromatic heterocycles. The molecule has 1 atom stereocenters. The van der Waals surface area contributed by atoms with E-state index in [1.165, 1.54) is 11.6 Å². The van der Waals surface area contributed by atoms with Crippen LogP contribution in [0.3, 0.4) is 0 Å². The molecule has 2 heterocycles. The van der Waals surface area contributed by atoms with Crippen LogP contribution in [0.2, 0.25) is 0 Å². The molecule has 5 nitrogen and oxygen atoms in total. The Bertz CT molecular complexity index is 673. The molecule has 0 radical (unpaired) electrons. The number of methoxy groups -OCH3 is 1. The van der Waals surface area contributed by atoms with Crippen LogP contribution in [-0.2, 0) is 4.74 Å². The van der Waals surface area contributed by atoms with Crippen LogP contribution in [0.5, 0.6) is 0 Å². The fourth-order valence-corrected chi connectivity index (χ4v) is 2.28. The number of hydrogen-bond acceptors (Lipinski definition) is 4. The summed E-state index contributed by atoms with van der Waals surface area (Å²) in [5.41, 5.74) is 2.10. The zero-order chi connectivity index (χ0) is 14.9. The molecule has 20 heavy (non-hydrogen) atoms. The summed E-state index contributed by atoms with van der Waals surface area (Å²) in [4.78, 5) is 24.5. The number of hydrogen-bond donors (Lipinski definition) is 0. The van der Waals surface area contributed by atoms with Crippen LogP contribution in [-0.4, -0.2) is 28.5 Å². The molecule has 5 heteroatoms. The van der Waals surface area contributed by atoms with Gasteiger partial charge in [0.15, 0.2) is 5.78 Å². The van der Waals surface area contributed by atoms with Gasteiger partial charge in [-0.25, -0.2) is 9.31 Å². The molecular formula is C15H18N2O3. The largest absolute Gasteiger partial charge is 0.465 e. The lowest BCUT2D eigenvalue weighted by Gasteiger charge is -2.08. The maximum Gasteiger partial charge on any atom is 0.340 e. The highest BCUT2D eigenvalue weighted by molar-refractivity contribution is 6.06. The van der Waals surface area contributed by atoms with Crippen LogP contribution in [0, 0.1) is 12.8 Å². The van der Waals surface area contributed by atoms with Crippen LogP contribution in [0.1, 0.15) is 46.7 Å². The lowest BCUT2D eigenvalue weighted by molar-refractivity contribution is 0.0602. The van der Waals surface area contributed by atoms with Crippen molar-refractivity contribution in [3.8, 4) is 0 Å². The van der Waals surface area contributed by atoms with Gasteiger partial charge in [-0.1, -0.05) is 13.8 Å². The molecule has 106 valence electrons. The fourth-order valence-electron chi connectivity index (χ4n) is 2.28. The molecule has 0 aliphatic rings. The number of fused-ring (bicyclic) bond motifs is 1. The van der Waals surface area contributed by atoms with E-state index in [4.69, 9.17) is 4.74 Å². The summed E-state index contributed by atoms with van der Waals surface area (Å²) in [6.07, 6.45) is 2.34. The molecular weight excluding hydrogens is 256 g/mol. The van der Waals surface area contributed by atoms with Crippen molar-refractivity contribution < 1.29 is 14.3 Å². The number of carbonyl (C=O) groups is 2. The van der Waals surface area contributed by atoms with Crippen molar-refractivity contribution in [1.82, 2.24) is 9.61 Å². The standard InChI is InChI=1S/C15H18N2O3/c1-5-9(2)14(18)13-10(3)12(15(19)20-4)11-7-6-8-16-17(11)13/h6-9H,5H2,1-4H3. The van der Waals surface area contributed by atoms with E-state index in [1.807, 2.05) is 13.8 Å². The second-order valence-corrected chi connectivity index (χ2v) is 4.83. The highest BCUT2D eigenvalue weighted by Crippen LogP contribution is 2.25. The third-order valence-electron chi connectivity index (χ3n) is 3.63. The van der Waals surface area contributed by atoms with E-state index in [1.54, 1.807) is 25.3 Å². The molecule has 0 amide bonds. The number of carbonyl (C=O) groups excluding carboxylic acids is 2. The number of ether oxygens (including phenoxy) is 1. The molecule has 0 spiro atoms. The third-order valence-corrected chi connectivity index (χ3v) is 3.63. The van der Waals surface area contributed by atoms with Crippen molar-refractivity contribution in [2.45, 2.75) is 27.2 Å². The van der Waals surface area contributed by atoms with Crippen molar-refractivity contribution in [3.05, 3.63) is 35.2 Å². The van der Waals surface area contributed by atoms with Crippen LogP contribution in [0.15, 0.2) is 18.3 Å². The van der Waals surface area contributed by atoms with Gasteiger partial charge in [-0.05, 0) is 31.0 Å². The molecule has 0 saturated heterocycles. The van der Waals surface area contributed by atoms with Crippen LogP contribution in [0.4, 0.5) is 0 Å². The second-order valence-electron chi connectivity index (χ2n) is 4.83. The molecule has 2 aromatic rings. The lowest BCUT2D eigenvalue weighted by atomic mass is 9.98. The molecule has 0 fully saturated rings. The van der Waals surface area contributed by atoms with Gasteiger partial charge in [-0.3, -0.25) is 4.79 Å². The van der Waals surface area contributed by atoms with E-state index in [0.717, 1.165) is 6.42 Å². The van der Waals surface area contributed by atoms with Gasteiger partial charge in [0.05, 0.1) is 18.2 Å². The van der Waals surface area contributed by atoms with Gasteiger partial charge in [0.2, 0.25) is 0 Å². The average Bonchev–Trinajstić information content (AvgIpc) is 2.76. The Hall–Kier alpha value is -2.17. The van der Waals surface area contributed by atoms with E-state index >= 15 is 0 Å². The number of ketones is 1. The van der Waals surface area contributed by atoms with Crippen molar-refractivity contribution >= 4 is 17.3 Å². The first kappa shape index (κ1) is 14.2. The first-order chi connectivity index (χ1) is 9.52. The second kappa shape index (κ2) is 5.45. The maximum absolute atomic E-state index is 12.5. The zero-order valence-electron chi connectivity index (χ0n) is 12.1. The first-order valence-corrected chi connectivity index (χ1v) is 6.61. The smallest absolute Gasteiger partial charge is 0.340 e. The van der Waals surface area contributed by atoms with Gasteiger partial charge in [-0.2, -0.15) is 5.10 Å². The summed E-state index contributed by atoms with van der Waals surface area (Å²) in [5, 5.41) is 4.21.